The number of benzene rings is 4. The molecule has 1 aliphatic carbocycles. The molecule has 2 heteroatoms. The normalized spacial score (nSPS) is 13.8. The zero-order valence-corrected chi connectivity index (χ0v) is 15.6. The number of hydrogen-bond donors (Lipinski definition) is 2. The maximum absolute atomic E-state index is 10.3. The first kappa shape index (κ1) is 16.6. The van der Waals surface area contributed by atoms with Crippen LogP contribution in [0.15, 0.2) is 91.0 Å². The van der Waals surface area contributed by atoms with Gasteiger partial charge in [-0.25, -0.2) is 0 Å². The van der Waals surface area contributed by atoms with Crippen LogP contribution in [0, 0.1) is 6.92 Å². The zero-order valence-electron chi connectivity index (χ0n) is 15.6. The number of aryl methyl sites for hydroxylation is 1. The lowest BCUT2D eigenvalue weighted by molar-refractivity contribution is 0.402. The van der Waals surface area contributed by atoms with E-state index in [2.05, 4.69) is 79.7 Å². The molecule has 4 aromatic carbocycles. The summed E-state index contributed by atoms with van der Waals surface area (Å²) in [4.78, 5) is 0. The number of aromatic hydroxyl groups is 2. The van der Waals surface area contributed by atoms with Crippen LogP contribution in [0.5, 0.6) is 11.5 Å². The van der Waals surface area contributed by atoms with Crippen molar-refractivity contribution in [3.63, 3.8) is 0 Å². The smallest absolute Gasteiger partial charge is 0.157 e. The molecule has 0 aromatic heterocycles. The summed E-state index contributed by atoms with van der Waals surface area (Å²) in [6, 6.07) is 30.7. The Morgan fingerprint density at radius 3 is 1.68 bits per heavy atom. The van der Waals surface area contributed by atoms with Gasteiger partial charge in [0.05, 0.1) is 5.41 Å². The van der Waals surface area contributed by atoms with E-state index in [0.717, 1.165) is 11.1 Å². The van der Waals surface area contributed by atoms with Gasteiger partial charge in [-0.2, -0.15) is 0 Å². The molecule has 0 fully saturated rings. The van der Waals surface area contributed by atoms with E-state index in [1.165, 1.54) is 27.8 Å². The molecule has 136 valence electrons. The quantitative estimate of drug-likeness (QED) is 0.390. The fraction of sp³-hybridized carbons (Fsp3) is 0.0769. The summed E-state index contributed by atoms with van der Waals surface area (Å²) in [6.07, 6.45) is 0. The monoisotopic (exact) mass is 364 g/mol. The van der Waals surface area contributed by atoms with Crippen LogP contribution in [0.3, 0.4) is 0 Å². The van der Waals surface area contributed by atoms with Crippen molar-refractivity contribution in [2.75, 3.05) is 0 Å². The van der Waals surface area contributed by atoms with E-state index in [-0.39, 0.29) is 11.5 Å². The minimum Gasteiger partial charge on any atom is -0.504 e. The van der Waals surface area contributed by atoms with Crippen molar-refractivity contribution in [1.82, 2.24) is 0 Å². The molecule has 0 saturated heterocycles. The molecule has 0 aliphatic heterocycles. The van der Waals surface area contributed by atoms with Gasteiger partial charge in [0.1, 0.15) is 0 Å². The molecule has 28 heavy (non-hydrogen) atoms. The molecule has 4 aromatic rings. The highest BCUT2D eigenvalue weighted by atomic mass is 16.3. The molecule has 0 atom stereocenters. The van der Waals surface area contributed by atoms with Crippen molar-refractivity contribution in [2.24, 2.45) is 0 Å². The predicted octanol–water partition coefficient (Wildman–Crippen LogP) is 5.77. The fourth-order valence-electron chi connectivity index (χ4n) is 4.58. The van der Waals surface area contributed by atoms with Gasteiger partial charge >= 0.3 is 0 Å². The zero-order chi connectivity index (χ0) is 19.3. The van der Waals surface area contributed by atoms with Crippen molar-refractivity contribution in [2.45, 2.75) is 12.3 Å². The standard InChI is InChI=1S/C26H20O2/c1-17-10-12-18(13-11-17)26(19-14-15-24(27)25(28)16-19)22-8-4-2-6-20(22)21-7-3-5-9-23(21)26/h2-16,27-28H,1H3. The Morgan fingerprint density at radius 2 is 1.11 bits per heavy atom. The molecule has 0 saturated carbocycles. The molecule has 0 radical (unpaired) electrons. The van der Waals surface area contributed by atoms with Crippen LogP contribution in [0.1, 0.15) is 27.8 Å². The number of phenols is 2. The van der Waals surface area contributed by atoms with Crippen molar-refractivity contribution >= 4 is 0 Å². The van der Waals surface area contributed by atoms with Crippen LogP contribution < -0.4 is 0 Å². The van der Waals surface area contributed by atoms with Gasteiger partial charge in [-0.05, 0) is 52.4 Å². The van der Waals surface area contributed by atoms with Gasteiger partial charge < -0.3 is 10.2 Å². The first-order valence-electron chi connectivity index (χ1n) is 9.41. The highest BCUT2D eigenvalue weighted by Crippen LogP contribution is 2.56. The van der Waals surface area contributed by atoms with Gasteiger partial charge in [0, 0.05) is 0 Å². The van der Waals surface area contributed by atoms with E-state index in [1.54, 1.807) is 12.1 Å². The second kappa shape index (κ2) is 6.00. The second-order valence-electron chi connectivity index (χ2n) is 7.41. The third-order valence-electron chi connectivity index (χ3n) is 5.85. The van der Waals surface area contributed by atoms with Gasteiger partial charge in [-0.1, -0.05) is 84.4 Å². The van der Waals surface area contributed by atoms with E-state index >= 15 is 0 Å². The first-order valence-corrected chi connectivity index (χ1v) is 9.41. The van der Waals surface area contributed by atoms with Crippen LogP contribution in [-0.2, 0) is 5.41 Å². The largest absolute Gasteiger partial charge is 0.504 e. The molecule has 2 N–H and O–H groups in total. The van der Waals surface area contributed by atoms with E-state index in [0.29, 0.717) is 0 Å². The van der Waals surface area contributed by atoms with Crippen LogP contribution in [0.25, 0.3) is 11.1 Å². The predicted molar refractivity (Wildman–Crippen MR) is 112 cm³/mol. The summed E-state index contributed by atoms with van der Waals surface area (Å²) in [6.45, 7) is 2.08. The average Bonchev–Trinajstić information content (AvgIpc) is 3.02. The Morgan fingerprint density at radius 1 is 0.571 bits per heavy atom. The third-order valence-corrected chi connectivity index (χ3v) is 5.85. The van der Waals surface area contributed by atoms with E-state index in [4.69, 9.17) is 0 Å². The Bertz CT molecular complexity index is 1140. The first-order chi connectivity index (χ1) is 13.6. The van der Waals surface area contributed by atoms with Gasteiger partial charge in [0.2, 0.25) is 0 Å². The molecule has 1 aliphatic rings. The molecular weight excluding hydrogens is 344 g/mol. The molecule has 0 amide bonds. The molecule has 0 spiro atoms. The molecule has 2 nitrogen and oxygen atoms in total. The van der Waals surface area contributed by atoms with Crippen molar-refractivity contribution in [3.05, 3.63) is 119 Å². The molecule has 0 unspecified atom stereocenters. The van der Waals surface area contributed by atoms with E-state index in [1.807, 2.05) is 6.07 Å². The molecule has 0 heterocycles. The van der Waals surface area contributed by atoms with Crippen LogP contribution in [-0.4, -0.2) is 10.2 Å². The van der Waals surface area contributed by atoms with Crippen LogP contribution in [0.2, 0.25) is 0 Å². The summed E-state index contributed by atoms with van der Waals surface area (Å²) in [5.41, 5.74) is 7.50. The Kier molecular flexibility index (Phi) is 3.56. The SMILES string of the molecule is Cc1ccc(C2(c3ccc(O)c(O)c3)c3ccccc3-c3ccccc32)cc1. The summed E-state index contributed by atoms with van der Waals surface area (Å²) in [5, 5.41) is 20.2. The molecule has 5 rings (SSSR count). The summed E-state index contributed by atoms with van der Waals surface area (Å²) in [7, 11) is 0. The Hall–Kier alpha value is -3.52. The van der Waals surface area contributed by atoms with Crippen molar-refractivity contribution in [1.29, 1.82) is 0 Å². The lowest BCUT2D eigenvalue weighted by Crippen LogP contribution is -2.28. The topological polar surface area (TPSA) is 40.5 Å². The number of phenolic OH excluding ortho intramolecular Hbond substituents is 2. The summed E-state index contributed by atoms with van der Waals surface area (Å²) in [5.74, 6) is -0.215. The highest BCUT2D eigenvalue weighted by Gasteiger charge is 2.46. The Balaban J connectivity index is 1.95. The lowest BCUT2D eigenvalue weighted by atomic mass is 9.67. The maximum atomic E-state index is 10.3. The summed E-state index contributed by atoms with van der Waals surface area (Å²) < 4.78 is 0. The lowest BCUT2D eigenvalue weighted by Gasteiger charge is -2.34. The number of rotatable bonds is 2. The van der Waals surface area contributed by atoms with Gasteiger partial charge in [0.15, 0.2) is 11.5 Å². The van der Waals surface area contributed by atoms with Gasteiger partial charge in [-0.3, -0.25) is 0 Å². The van der Waals surface area contributed by atoms with Crippen molar-refractivity contribution in [3.8, 4) is 22.6 Å². The number of fused-ring (bicyclic) bond motifs is 3. The molecular formula is C26H20O2. The third kappa shape index (κ3) is 2.15. The minimum absolute atomic E-state index is 0.106. The van der Waals surface area contributed by atoms with Gasteiger partial charge in [-0.15, -0.1) is 0 Å². The number of hydrogen-bond acceptors (Lipinski definition) is 2. The average molecular weight is 364 g/mol. The second-order valence-corrected chi connectivity index (χ2v) is 7.41. The summed E-state index contributed by atoms with van der Waals surface area (Å²) >= 11 is 0. The fourth-order valence-corrected chi connectivity index (χ4v) is 4.58. The molecule has 0 bridgehead atoms. The Labute approximate surface area is 164 Å². The highest BCUT2D eigenvalue weighted by molar-refractivity contribution is 5.86. The minimum atomic E-state index is -0.550. The van der Waals surface area contributed by atoms with Gasteiger partial charge in [0.25, 0.3) is 0 Å². The van der Waals surface area contributed by atoms with Crippen LogP contribution in [0.4, 0.5) is 0 Å². The van der Waals surface area contributed by atoms with E-state index < -0.39 is 5.41 Å². The van der Waals surface area contributed by atoms with Crippen molar-refractivity contribution < 1.29 is 10.2 Å². The maximum Gasteiger partial charge on any atom is 0.157 e. The van der Waals surface area contributed by atoms with Crippen LogP contribution >= 0.6 is 0 Å². The van der Waals surface area contributed by atoms with E-state index in [9.17, 15) is 10.2 Å².